The van der Waals surface area contributed by atoms with Crippen LogP contribution in [0, 0.1) is 0 Å². The second-order valence-electron chi connectivity index (χ2n) is 2.63. The Balaban J connectivity index is 2.01. The summed E-state index contributed by atoms with van der Waals surface area (Å²) in [6.45, 7) is 0. The molecule has 1 nitrogen and oxygen atoms in total. The summed E-state index contributed by atoms with van der Waals surface area (Å²) >= 11 is 0. The van der Waals surface area contributed by atoms with Crippen LogP contribution < -0.4 is 0 Å². The van der Waals surface area contributed by atoms with Gasteiger partial charge in [0.25, 0.3) is 0 Å². The Hall–Kier alpha value is -0.110. The zero-order chi connectivity index (χ0) is 5.56. The van der Waals surface area contributed by atoms with Gasteiger partial charge in [0.2, 0.25) is 0 Å². The van der Waals surface area contributed by atoms with Gasteiger partial charge in [-0.25, -0.2) is 4.39 Å². The molecule has 0 amide bonds. The third kappa shape index (κ3) is 0.494. The quantitative estimate of drug-likeness (QED) is 0.463. The number of alkyl halides is 1. The van der Waals surface area contributed by atoms with Gasteiger partial charge in [-0.3, -0.25) is 0 Å². The molecule has 3 fully saturated rings. The van der Waals surface area contributed by atoms with E-state index in [0.717, 1.165) is 19.3 Å². The van der Waals surface area contributed by atoms with Gasteiger partial charge in [-0.2, -0.15) is 0 Å². The Bertz CT molecular complexity index is 93.2. The zero-order valence-corrected chi connectivity index (χ0v) is 4.64. The smallest absolute Gasteiger partial charge is 0.126 e. The molecule has 0 aromatic carbocycles. The summed E-state index contributed by atoms with van der Waals surface area (Å²) < 4.78 is 17.6. The molecule has 46 valence electrons. The molecule has 0 aromatic rings. The summed E-state index contributed by atoms with van der Waals surface area (Å²) in [5.74, 6) is 0. The molecule has 2 heterocycles. The van der Waals surface area contributed by atoms with Crippen molar-refractivity contribution in [2.75, 3.05) is 0 Å². The topological polar surface area (TPSA) is 9.23 Å². The van der Waals surface area contributed by atoms with Gasteiger partial charge in [-0.05, 0) is 12.8 Å². The minimum Gasteiger partial charge on any atom is -0.372 e. The van der Waals surface area contributed by atoms with E-state index in [1.54, 1.807) is 0 Å². The third-order valence-corrected chi connectivity index (χ3v) is 2.03. The van der Waals surface area contributed by atoms with Crippen LogP contribution in [0.2, 0.25) is 0 Å². The molecule has 2 saturated heterocycles. The van der Waals surface area contributed by atoms with Gasteiger partial charge in [0.1, 0.15) is 6.17 Å². The summed E-state index contributed by atoms with van der Waals surface area (Å²) in [6.07, 6.45) is 2.40. The van der Waals surface area contributed by atoms with Crippen LogP contribution in [-0.2, 0) is 4.74 Å². The Morgan fingerprint density at radius 2 is 2.12 bits per heavy atom. The molecular weight excluding hydrogens is 107 g/mol. The first-order chi connectivity index (χ1) is 3.86. The van der Waals surface area contributed by atoms with E-state index in [4.69, 9.17) is 4.74 Å². The van der Waals surface area contributed by atoms with E-state index in [1.165, 1.54) is 0 Å². The molecule has 1 saturated carbocycles. The summed E-state index contributed by atoms with van der Waals surface area (Å²) in [4.78, 5) is 0. The third-order valence-electron chi connectivity index (χ3n) is 2.03. The van der Waals surface area contributed by atoms with E-state index in [-0.39, 0.29) is 6.10 Å². The van der Waals surface area contributed by atoms with Crippen LogP contribution in [0.25, 0.3) is 0 Å². The predicted octanol–water partition coefficient (Wildman–Crippen LogP) is 1.28. The van der Waals surface area contributed by atoms with Gasteiger partial charge in [0.15, 0.2) is 0 Å². The fraction of sp³-hybridized carbons (Fsp3) is 1.00. The van der Waals surface area contributed by atoms with Crippen LogP contribution >= 0.6 is 0 Å². The van der Waals surface area contributed by atoms with Crippen LogP contribution in [0.3, 0.4) is 0 Å². The summed E-state index contributed by atoms with van der Waals surface area (Å²) in [7, 11) is 0. The maximum absolute atomic E-state index is 12.5. The van der Waals surface area contributed by atoms with Gasteiger partial charge in [0, 0.05) is 6.42 Å². The van der Waals surface area contributed by atoms with Crippen molar-refractivity contribution in [1.82, 2.24) is 0 Å². The first-order valence-corrected chi connectivity index (χ1v) is 3.16. The number of hydrogen-bond acceptors (Lipinski definition) is 1. The van der Waals surface area contributed by atoms with E-state index < -0.39 is 6.17 Å². The highest BCUT2D eigenvalue weighted by Crippen LogP contribution is 2.36. The Labute approximate surface area is 47.8 Å². The molecule has 2 bridgehead atoms. The predicted molar refractivity (Wildman–Crippen MR) is 27.4 cm³/mol. The molecule has 0 radical (unpaired) electrons. The fourth-order valence-electron chi connectivity index (χ4n) is 1.45. The van der Waals surface area contributed by atoms with Gasteiger partial charge < -0.3 is 4.74 Å². The highest BCUT2D eigenvalue weighted by Gasteiger charge is 2.41. The molecule has 0 N–H and O–H groups in total. The molecular formula is C6H9FO. The fourth-order valence-corrected chi connectivity index (χ4v) is 1.45. The maximum atomic E-state index is 12.5. The molecule has 3 atom stereocenters. The standard InChI is InChI=1S/C6H9FO/c7-5-2-1-4-3-6(5)8-4/h4-6H,1-3H2. The van der Waals surface area contributed by atoms with E-state index in [2.05, 4.69) is 0 Å². The lowest BCUT2D eigenvalue weighted by atomic mass is 9.88. The molecule has 3 rings (SSSR count). The Morgan fingerprint density at radius 3 is 2.38 bits per heavy atom. The highest BCUT2D eigenvalue weighted by atomic mass is 19.1. The second kappa shape index (κ2) is 1.44. The normalized spacial score (nSPS) is 52.9. The molecule has 8 heavy (non-hydrogen) atoms. The molecule has 2 aliphatic heterocycles. The second-order valence-corrected chi connectivity index (χ2v) is 2.63. The van der Waals surface area contributed by atoms with Gasteiger partial charge in [-0.15, -0.1) is 0 Å². The minimum atomic E-state index is -0.653. The number of halogens is 1. The monoisotopic (exact) mass is 116 g/mol. The van der Waals surface area contributed by atoms with Crippen molar-refractivity contribution in [3.63, 3.8) is 0 Å². The Kier molecular flexibility index (Phi) is 0.852. The van der Waals surface area contributed by atoms with Crippen molar-refractivity contribution in [2.24, 2.45) is 0 Å². The van der Waals surface area contributed by atoms with Crippen LogP contribution in [0.4, 0.5) is 4.39 Å². The van der Waals surface area contributed by atoms with Crippen LogP contribution in [0.5, 0.6) is 0 Å². The summed E-state index contributed by atoms with van der Waals surface area (Å²) in [6, 6.07) is 0. The van der Waals surface area contributed by atoms with Crippen LogP contribution in [-0.4, -0.2) is 18.4 Å². The molecule has 0 aromatic heterocycles. The summed E-state index contributed by atoms with van der Waals surface area (Å²) in [5.41, 5.74) is 0. The number of hydrogen-bond donors (Lipinski definition) is 0. The van der Waals surface area contributed by atoms with E-state index >= 15 is 0 Å². The van der Waals surface area contributed by atoms with Gasteiger partial charge >= 0.3 is 0 Å². The van der Waals surface area contributed by atoms with Gasteiger partial charge in [0.05, 0.1) is 12.2 Å². The highest BCUT2D eigenvalue weighted by molar-refractivity contribution is 4.89. The average Bonchev–Trinajstić information content (AvgIpc) is 1.62. The van der Waals surface area contributed by atoms with Gasteiger partial charge in [-0.1, -0.05) is 0 Å². The number of fused-ring (bicyclic) bond motifs is 2. The lowest BCUT2D eigenvalue weighted by Crippen LogP contribution is -2.48. The molecule has 2 heteroatoms. The van der Waals surface area contributed by atoms with E-state index in [0.29, 0.717) is 6.10 Å². The average molecular weight is 116 g/mol. The maximum Gasteiger partial charge on any atom is 0.126 e. The van der Waals surface area contributed by atoms with Crippen molar-refractivity contribution >= 4 is 0 Å². The molecule has 3 aliphatic rings. The lowest BCUT2D eigenvalue weighted by molar-refractivity contribution is -0.188. The number of rotatable bonds is 0. The van der Waals surface area contributed by atoms with E-state index in [9.17, 15) is 4.39 Å². The van der Waals surface area contributed by atoms with Crippen LogP contribution in [0.1, 0.15) is 19.3 Å². The first-order valence-electron chi connectivity index (χ1n) is 3.16. The van der Waals surface area contributed by atoms with Crippen molar-refractivity contribution < 1.29 is 9.13 Å². The van der Waals surface area contributed by atoms with Crippen molar-refractivity contribution in [2.45, 2.75) is 37.6 Å². The van der Waals surface area contributed by atoms with Crippen molar-refractivity contribution in [3.05, 3.63) is 0 Å². The number of ether oxygens (including phenoxy) is 1. The van der Waals surface area contributed by atoms with Crippen molar-refractivity contribution in [1.29, 1.82) is 0 Å². The lowest BCUT2D eigenvalue weighted by Gasteiger charge is -2.43. The molecule has 0 spiro atoms. The van der Waals surface area contributed by atoms with Crippen molar-refractivity contribution in [3.8, 4) is 0 Å². The molecule has 1 aliphatic carbocycles. The minimum absolute atomic E-state index is 0.0197. The largest absolute Gasteiger partial charge is 0.372 e. The Morgan fingerprint density at radius 1 is 1.38 bits per heavy atom. The summed E-state index contributed by atoms with van der Waals surface area (Å²) in [5, 5.41) is 0. The van der Waals surface area contributed by atoms with Crippen LogP contribution in [0.15, 0.2) is 0 Å². The van der Waals surface area contributed by atoms with E-state index in [1.807, 2.05) is 0 Å². The zero-order valence-electron chi connectivity index (χ0n) is 4.64. The molecule has 3 unspecified atom stereocenters. The SMILES string of the molecule is FC1CCC2CC1O2. The first kappa shape index (κ1) is 4.74.